The minimum Gasteiger partial charge on any atom is -0.432 e. The Bertz CT molecular complexity index is 2960. The molecule has 12 rings (SSSR count). The predicted molar refractivity (Wildman–Crippen MR) is 343 cm³/mol. The quantitative estimate of drug-likeness (QED) is 0.0366. The second kappa shape index (κ2) is 30.8. The average Bonchev–Trinajstić information content (AvgIpc) is 0.673. The van der Waals surface area contributed by atoms with Gasteiger partial charge in [0.05, 0.1) is 69.5 Å². The smallest absolute Gasteiger partial charge is 0.315 e. The average molecular weight is 1500 g/mol. The summed E-state index contributed by atoms with van der Waals surface area (Å²) in [6, 6.07) is 0. The normalized spacial score (nSPS) is 55.6. The summed E-state index contributed by atoms with van der Waals surface area (Å²) >= 11 is 0. The van der Waals surface area contributed by atoms with E-state index in [0.717, 1.165) is 5.57 Å². The topological polar surface area (TPSA) is 551 Å². The summed E-state index contributed by atoms with van der Waals surface area (Å²) in [6.45, 7) is 11.8. The number of rotatable bonds is 17. The molecular formula is C69H112O35. The number of hydrogen-bond donors (Lipinski definition) is 20. The first-order chi connectivity index (χ1) is 48.8. The van der Waals surface area contributed by atoms with Crippen molar-refractivity contribution in [2.24, 2.45) is 50.2 Å². The summed E-state index contributed by atoms with van der Waals surface area (Å²) in [5.74, 6) is -1.57. The third-order valence-corrected chi connectivity index (χ3v) is 26.6. The van der Waals surface area contributed by atoms with Crippen molar-refractivity contribution in [2.45, 2.75) is 322 Å². The molecule has 0 aromatic heterocycles. The SMILES string of the molecule is CC1OC(OC2C(O)COC(OC3C(C)OC(OC4C(OC(=O)C56CCC(C)(C)CC5C5=CCC7C8(C)CC(O)C(OC9OC(CO)C(O)C(OC%10OC(CO)C(O)C(O)C%10O)C9O)C(C)(CO)C8CCC7(C)C5(C)CC6)OCC(O)C4O)C(O)C3OC3OCC(O)C(O)C3O)C2O)C(O)C(O)C1O. The Morgan fingerprint density at radius 2 is 0.942 bits per heavy atom. The van der Waals surface area contributed by atoms with E-state index in [4.69, 9.17) is 66.3 Å². The molecule has 7 heterocycles. The van der Waals surface area contributed by atoms with Gasteiger partial charge in [-0.15, -0.1) is 0 Å². The van der Waals surface area contributed by atoms with Gasteiger partial charge in [-0.25, -0.2) is 0 Å². The summed E-state index contributed by atoms with van der Waals surface area (Å²) in [7, 11) is 0. The van der Waals surface area contributed by atoms with Crippen molar-refractivity contribution in [3.8, 4) is 0 Å². The Labute approximate surface area is 600 Å². The second-order valence-corrected chi connectivity index (χ2v) is 33.3. The molecule has 0 aromatic rings. The van der Waals surface area contributed by atoms with Crippen LogP contribution in [0.25, 0.3) is 0 Å². The molecule has 11 fully saturated rings. The summed E-state index contributed by atoms with van der Waals surface area (Å²) in [5, 5.41) is 221. The Hall–Kier alpha value is -2.11. The summed E-state index contributed by atoms with van der Waals surface area (Å²) in [6.07, 6.45) is -51.2. The van der Waals surface area contributed by atoms with E-state index in [0.29, 0.717) is 51.4 Å². The minimum absolute atomic E-state index is 0.140. The van der Waals surface area contributed by atoms with Crippen LogP contribution >= 0.6 is 0 Å². The fourth-order valence-corrected chi connectivity index (χ4v) is 20.2. The maximum absolute atomic E-state index is 15.8. The van der Waals surface area contributed by atoms with Crippen LogP contribution < -0.4 is 0 Å². The zero-order valence-corrected chi connectivity index (χ0v) is 59.6. The largest absolute Gasteiger partial charge is 0.432 e. The van der Waals surface area contributed by atoms with E-state index in [9.17, 15) is 102 Å². The molecule has 104 heavy (non-hydrogen) atoms. The first-order valence-corrected chi connectivity index (χ1v) is 36.6. The van der Waals surface area contributed by atoms with E-state index in [2.05, 4.69) is 40.7 Å². The Morgan fingerprint density at radius 1 is 0.442 bits per heavy atom. The van der Waals surface area contributed by atoms with E-state index in [1.165, 1.54) is 13.8 Å². The Morgan fingerprint density at radius 3 is 1.60 bits per heavy atom. The van der Waals surface area contributed by atoms with E-state index in [1.54, 1.807) is 6.92 Å². The number of aliphatic hydroxyl groups is 20. The number of hydrogen-bond acceptors (Lipinski definition) is 35. The second-order valence-electron chi connectivity index (χ2n) is 33.3. The number of esters is 1. The molecule has 4 saturated carbocycles. The minimum atomic E-state index is -2.07. The lowest BCUT2D eigenvalue weighted by Crippen LogP contribution is -2.70. The van der Waals surface area contributed by atoms with Crippen LogP contribution in [0, 0.1) is 50.2 Å². The van der Waals surface area contributed by atoms with Gasteiger partial charge >= 0.3 is 5.97 Å². The van der Waals surface area contributed by atoms with Crippen LogP contribution in [0.4, 0.5) is 0 Å². The van der Waals surface area contributed by atoms with Crippen LogP contribution in [0.15, 0.2) is 11.6 Å². The first-order valence-electron chi connectivity index (χ1n) is 36.6. The molecule has 0 spiro atoms. The van der Waals surface area contributed by atoms with E-state index < -0.39 is 287 Å². The molecule has 7 saturated heterocycles. The van der Waals surface area contributed by atoms with Crippen molar-refractivity contribution >= 4 is 5.97 Å². The van der Waals surface area contributed by atoms with Crippen LogP contribution in [0.1, 0.15) is 113 Å². The van der Waals surface area contributed by atoms with Crippen LogP contribution in [0.5, 0.6) is 0 Å². The lowest BCUT2D eigenvalue weighted by atomic mass is 9.33. The molecule has 598 valence electrons. The number of carbonyl (C=O) groups excluding carboxylic acids is 1. The van der Waals surface area contributed by atoms with Gasteiger partial charge in [0.1, 0.15) is 134 Å². The molecule has 42 unspecified atom stereocenters. The van der Waals surface area contributed by atoms with Crippen LogP contribution in [0.3, 0.4) is 0 Å². The highest BCUT2D eigenvalue weighted by atomic mass is 16.8. The van der Waals surface area contributed by atoms with Crippen molar-refractivity contribution in [1.29, 1.82) is 0 Å². The van der Waals surface area contributed by atoms with Gasteiger partial charge in [-0.1, -0.05) is 53.2 Å². The number of aliphatic hydroxyl groups excluding tert-OH is 20. The maximum Gasteiger partial charge on any atom is 0.315 e. The van der Waals surface area contributed by atoms with Gasteiger partial charge in [-0.05, 0) is 111 Å². The molecule has 35 heteroatoms. The summed E-state index contributed by atoms with van der Waals surface area (Å²) < 4.78 is 84.1. The van der Waals surface area contributed by atoms with Gasteiger partial charge in [-0.2, -0.15) is 0 Å². The highest BCUT2D eigenvalue weighted by molar-refractivity contribution is 5.79. The molecule has 0 bridgehead atoms. The summed E-state index contributed by atoms with van der Waals surface area (Å²) in [5.41, 5.74) is -3.43. The lowest BCUT2D eigenvalue weighted by Gasteiger charge is -2.72. The monoisotopic (exact) mass is 1500 g/mol. The molecule has 7 aliphatic heterocycles. The predicted octanol–water partition coefficient (Wildman–Crippen LogP) is -6.65. The molecule has 0 amide bonds. The van der Waals surface area contributed by atoms with Gasteiger partial charge in [0.15, 0.2) is 43.8 Å². The zero-order valence-electron chi connectivity index (χ0n) is 59.6. The van der Waals surface area contributed by atoms with Crippen LogP contribution in [0.2, 0.25) is 0 Å². The molecule has 35 nitrogen and oxygen atoms in total. The Balaban J connectivity index is 0.770. The van der Waals surface area contributed by atoms with E-state index in [1.807, 2.05) is 0 Å². The number of allylic oxidation sites excluding steroid dienone is 2. The van der Waals surface area contributed by atoms with E-state index >= 15 is 4.79 Å². The molecule has 42 atom stereocenters. The summed E-state index contributed by atoms with van der Waals surface area (Å²) in [4.78, 5) is 15.8. The molecule has 12 aliphatic rings. The molecule has 5 aliphatic carbocycles. The molecule has 0 radical (unpaired) electrons. The van der Waals surface area contributed by atoms with Crippen molar-refractivity contribution in [1.82, 2.24) is 0 Å². The highest BCUT2D eigenvalue weighted by Gasteiger charge is 2.72. The van der Waals surface area contributed by atoms with Crippen molar-refractivity contribution in [2.75, 3.05) is 39.6 Å². The fourth-order valence-electron chi connectivity index (χ4n) is 20.2. The Kier molecular flexibility index (Phi) is 24.1. The van der Waals surface area contributed by atoms with Gasteiger partial charge in [0.2, 0.25) is 6.29 Å². The third kappa shape index (κ3) is 14.0. The third-order valence-electron chi connectivity index (χ3n) is 26.6. The highest BCUT2D eigenvalue weighted by Crippen LogP contribution is 2.76. The van der Waals surface area contributed by atoms with E-state index in [-0.39, 0.29) is 23.7 Å². The molecule has 0 aromatic carbocycles. The molecular weight excluding hydrogens is 1390 g/mol. The molecule has 20 N–H and O–H groups in total. The zero-order chi connectivity index (χ0) is 75.7. The fraction of sp³-hybridized carbons (Fsp3) is 0.957. The van der Waals surface area contributed by atoms with Gasteiger partial charge < -0.3 is 168 Å². The van der Waals surface area contributed by atoms with Crippen molar-refractivity contribution in [3.63, 3.8) is 0 Å². The van der Waals surface area contributed by atoms with Crippen molar-refractivity contribution in [3.05, 3.63) is 11.6 Å². The maximum atomic E-state index is 15.8. The van der Waals surface area contributed by atoms with Gasteiger partial charge in [-0.3, -0.25) is 4.79 Å². The van der Waals surface area contributed by atoms with Gasteiger partial charge in [0, 0.05) is 5.41 Å². The van der Waals surface area contributed by atoms with Crippen LogP contribution in [-0.4, -0.2) is 357 Å². The number of fused-ring (bicyclic) bond motifs is 7. The van der Waals surface area contributed by atoms with Crippen LogP contribution in [-0.2, 0) is 71.1 Å². The lowest BCUT2D eigenvalue weighted by molar-refractivity contribution is -0.392. The van der Waals surface area contributed by atoms with Gasteiger partial charge in [0.25, 0.3) is 0 Å². The number of ether oxygens (including phenoxy) is 14. The number of carbonyl (C=O) groups is 1. The standard InChI is InChI=1S/C69H112O35/c1-25-37(77)42(82)45(85)58(94-25)99-51-32(76)23-92-57(47(51)87)98-50-26(2)95-60(49(89)53(50)101-56-44(84)38(78)30(74)21-91-56)102-54-39(79)31(75)22-93-62(54)104-63(90)69-15-13-64(3,4)17-28(69)27-9-10-36-65(5)18-29(73)55(66(6,24-72)35(65)11-12-68(36,8)67(27,7)14-16-69)103-61-48(88)52(41(81)34(20-71)97-61)100-59-46(86)43(83)40(80)33(19-70)96-59/h9,25-26,28-62,70-89H,10-24H2,1-8H3. The van der Waals surface area contributed by atoms with Crippen molar-refractivity contribution < 1.29 is 173 Å². The first kappa shape index (κ1) is 81.4.